The average molecular weight is 352 g/mol. The molecule has 0 saturated carbocycles. The first-order valence-corrected chi connectivity index (χ1v) is 9.66. The summed E-state index contributed by atoms with van der Waals surface area (Å²) < 4.78 is 5.44. The van der Waals surface area contributed by atoms with Crippen LogP contribution in [0.15, 0.2) is 4.99 Å². The Morgan fingerprint density at radius 3 is 2.79 bits per heavy atom. The van der Waals surface area contributed by atoms with E-state index in [1.807, 2.05) is 7.05 Å². The van der Waals surface area contributed by atoms with Crippen molar-refractivity contribution in [3.63, 3.8) is 0 Å². The SMILES string of the molecule is CN=C(NCc1sc(C)nc1C)N1CCC(CN2CCOCC2)C1. The van der Waals surface area contributed by atoms with E-state index in [1.165, 1.54) is 17.8 Å². The molecule has 24 heavy (non-hydrogen) atoms. The van der Waals surface area contributed by atoms with Gasteiger partial charge < -0.3 is 15.0 Å². The van der Waals surface area contributed by atoms with Gasteiger partial charge in [-0.3, -0.25) is 9.89 Å². The van der Waals surface area contributed by atoms with E-state index in [0.29, 0.717) is 0 Å². The van der Waals surface area contributed by atoms with E-state index in [9.17, 15) is 0 Å². The monoisotopic (exact) mass is 351 g/mol. The van der Waals surface area contributed by atoms with E-state index >= 15 is 0 Å². The predicted molar refractivity (Wildman–Crippen MR) is 98.7 cm³/mol. The predicted octanol–water partition coefficient (Wildman–Crippen LogP) is 1.49. The molecule has 6 nitrogen and oxygen atoms in total. The average Bonchev–Trinajstić information content (AvgIpc) is 3.16. The second-order valence-corrected chi connectivity index (χ2v) is 7.94. The number of ether oxygens (including phenoxy) is 1. The standard InChI is InChI=1S/C17H29N5OS/c1-13-16(24-14(2)20-13)10-19-17(18-3)22-5-4-15(12-22)11-21-6-8-23-9-7-21/h15H,4-12H2,1-3H3,(H,18,19). The maximum atomic E-state index is 5.44. The van der Waals surface area contributed by atoms with E-state index in [-0.39, 0.29) is 0 Å². The highest BCUT2D eigenvalue weighted by Gasteiger charge is 2.27. The van der Waals surface area contributed by atoms with Gasteiger partial charge in [-0.25, -0.2) is 4.98 Å². The van der Waals surface area contributed by atoms with Crippen molar-refractivity contribution in [1.29, 1.82) is 0 Å². The smallest absolute Gasteiger partial charge is 0.193 e. The fourth-order valence-electron chi connectivity index (χ4n) is 3.55. The maximum Gasteiger partial charge on any atom is 0.193 e. The number of thiazole rings is 1. The quantitative estimate of drug-likeness (QED) is 0.658. The minimum atomic E-state index is 0.731. The number of guanidine groups is 1. The summed E-state index contributed by atoms with van der Waals surface area (Å²) in [5.41, 5.74) is 1.13. The molecule has 2 aliphatic rings. The lowest BCUT2D eigenvalue weighted by Crippen LogP contribution is -2.42. The van der Waals surface area contributed by atoms with E-state index in [4.69, 9.17) is 4.74 Å². The fourth-order valence-corrected chi connectivity index (χ4v) is 4.43. The summed E-state index contributed by atoms with van der Waals surface area (Å²) in [4.78, 5) is 15.2. The Morgan fingerprint density at radius 1 is 1.33 bits per heavy atom. The number of nitrogens with zero attached hydrogens (tertiary/aromatic N) is 4. The van der Waals surface area contributed by atoms with Crippen molar-refractivity contribution in [2.24, 2.45) is 10.9 Å². The third-order valence-electron chi connectivity index (χ3n) is 4.82. The molecule has 0 aliphatic carbocycles. The largest absolute Gasteiger partial charge is 0.379 e. The van der Waals surface area contributed by atoms with Gasteiger partial charge in [0, 0.05) is 44.6 Å². The van der Waals surface area contributed by atoms with Gasteiger partial charge >= 0.3 is 0 Å². The Hall–Kier alpha value is -1.18. The minimum absolute atomic E-state index is 0.731. The zero-order chi connectivity index (χ0) is 16.9. The first kappa shape index (κ1) is 17.6. The van der Waals surface area contributed by atoms with Crippen molar-refractivity contribution in [3.05, 3.63) is 15.6 Å². The van der Waals surface area contributed by atoms with Gasteiger partial charge in [0.15, 0.2) is 5.96 Å². The second-order valence-electron chi connectivity index (χ2n) is 6.66. The van der Waals surface area contributed by atoms with Crippen molar-refractivity contribution >= 4 is 17.3 Å². The van der Waals surface area contributed by atoms with Crippen LogP contribution in [0.25, 0.3) is 0 Å². The summed E-state index contributed by atoms with van der Waals surface area (Å²) in [6.45, 7) is 12.2. The zero-order valence-electron chi connectivity index (χ0n) is 15.0. The lowest BCUT2D eigenvalue weighted by molar-refractivity contribution is 0.0315. The number of likely N-dealkylation sites (tertiary alicyclic amines) is 1. The number of aromatic nitrogens is 1. The molecule has 1 N–H and O–H groups in total. The van der Waals surface area contributed by atoms with Crippen LogP contribution in [0.3, 0.4) is 0 Å². The molecule has 0 bridgehead atoms. The molecule has 2 fully saturated rings. The molecule has 1 atom stereocenters. The van der Waals surface area contributed by atoms with E-state index < -0.39 is 0 Å². The highest BCUT2D eigenvalue weighted by Crippen LogP contribution is 2.20. The molecular weight excluding hydrogens is 322 g/mol. The lowest BCUT2D eigenvalue weighted by atomic mass is 10.1. The summed E-state index contributed by atoms with van der Waals surface area (Å²) in [5, 5.41) is 4.65. The summed E-state index contributed by atoms with van der Waals surface area (Å²) in [7, 11) is 1.88. The number of hydrogen-bond acceptors (Lipinski definition) is 5. The summed E-state index contributed by atoms with van der Waals surface area (Å²) in [5.74, 6) is 1.75. The Morgan fingerprint density at radius 2 is 2.12 bits per heavy atom. The molecule has 0 amide bonds. The van der Waals surface area contributed by atoms with Crippen LogP contribution >= 0.6 is 11.3 Å². The van der Waals surface area contributed by atoms with E-state index in [1.54, 1.807) is 11.3 Å². The van der Waals surface area contributed by atoms with Gasteiger partial charge in [-0.1, -0.05) is 0 Å². The zero-order valence-corrected chi connectivity index (χ0v) is 15.9. The molecule has 0 radical (unpaired) electrons. The first-order chi connectivity index (χ1) is 11.7. The molecule has 2 saturated heterocycles. The van der Waals surface area contributed by atoms with Gasteiger partial charge in [0.2, 0.25) is 0 Å². The Labute approximate surface area is 148 Å². The van der Waals surface area contributed by atoms with Crippen LogP contribution in [0.2, 0.25) is 0 Å². The van der Waals surface area contributed by atoms with Crippen molar-refractivity contribution in [1.82, 2.24) is 20.1 Å². The number of morpholine rings is 1. The molecule has 3 rings (SSSR count). The highest BCUT2D eigenvalue weighted by atomic mass is 32.1. The molecule has 2 aliphatic heterocycles. The highest BCUT2D eigenvalue weighted by molar-refractivity contribution is 7.11. The van der Waals surface area contributed by atoms with Crippen molar-refractivity contribution in [2.75, 3.05) is 53.0 Å². The molecule has 134 valence electrons. The Balaban J connectivity index is 1.48. The molecular formula is C17H29N5OS. The maximum absolute atomic E-state index is 5.44. The van der Waals surface area contributed by atoms with Crippen LogP contribution in [0.5, 0.6) is 0 Å². The molecule has 7 heteroatoms. The number of aliphatic imine (C=N–C) groups is 1. The summed E-state index contributed by atoms with van der Waals surface area (Å²) >= 11 is 1.77. The first-order valence-electron chi connectivity index (χ1n) is 8.84. The van der Waals surface area contributed by atoms with E-state index in [0.717, 1.165) is 68.5 Å². The number of rotatable bonds is 4. The topological polar surface area (TPSA) is 53.0 Å². The van der Waals surface area contributed by atoms with Crippen LogP contribution in [-0.2, 0) is 11.3 Å². The van der Waals surface area contributed by atoms with Gasteiger partial charge in [0.25, 0.3) is 0 Å². The van der Waals surface area contributed by atoms with Crippen molar-refractivity contribution in [2.45, 2.75) is 26.8 Å². The number of nitrogens with one attached hydrogen (secondary N) is 1. The van der Waals surface area contributed by atoms with Gasteiger partial charge in [-0.15, -0.1) is 11.3 Å². The van der Waals surface area contributed by atoms with Crippen LogP contribution < -0.4 is 5.32 Å². The van der Waals surface area contributed by atoms with Gasteiger partial charge in [0.1, 0.15) is 0 Å². The van der Waals surface area contributed by atoms with Gasteiger partial charge in [0.05, 0.1) is 30.5 Å². The molecule has 1 aromatic rings. The van der Waals surface area contributed by atoms with E-state index in [2.05, 4.69) is 38.9 Å². The van der Waals surface area contributed by atoms with Crippen LogP contribution in [0.4, 0.5) is 0 Å². The molecule has 3 heterocycles. The van der Waals surface area contributed by atoms with Gasteiger partial charge in [-0.05, 0) is 26.2 Å². The summed E-state index contributed by atoms with van der Waals surface area (Å²) in [6, 6.07) is 0. The Bertz CT molecular complexity index is 567. The lowest BCUT2D eigenvalue weighted by Gasteiger charge is -2.29. The van der Waals surface area contributed by atoms with Gasteiger partial charge in [-0.2, -0.15) is 0 Å². The summed E-state index contributed by atoms with van der Waals surface area (Å²) in [6.07, 6.45) is 1.25. The third kappa shape index (κ3) is 4.46. The second kappa shape index (κ2) is 8.27. The molecule has 0 aromatic carbocycles. The fraction of sp³-hybridized carbons (Fsp3) is 0.765. The Kier molecular flexibility index (Phi) is 6.08. The number of hydrogen-bond donors (Lipinski definition) is 1. The number of aryl methyl sites for hydroxylation is 2. The minimum Gasteiger partial charge on any atom is -0.379 e. The molecule has 0 spiro atoms. The molecule has 1 unspecified atom stereocenters. The van der Waals surface area contributed by atoms with Crippen LogP contribution in [0, 0.1) is 19.8 Å². The van der Waals surface area contributed by atoms with Crippen molar-refractivity contribution in [3.8, 4) is 0 Å². The van der Waals surface area contributed by atoms with Crippen molar-refractivity contribution < 1.29 is 4.74 Å². The van der Waals surface area contributed by atoms with Crippen LogP contribution in [-0.4, -0.2) is 73.7 Å². The van der Waals surface area contributed by atoms with Crippen LogP contribution in [0.1, 0.15) is 22.0 Å². The third-order valence-corrected chi connectivity index (χ3v) is 5.90. The normalized spacial score (nSPS) is 23.0. The molecule has 1 aromatic heterocycles.